The normalized spacial score (nSPS) is 18.2. The Bertz CT molecular complexity index is 501. The maximum atomic E-state index is 11.8. The van der Waals surface area contributed by atoms with Crippen LogP contribution in [0.2, 0.25) is 0 Å². The monoisotopic (exact) mass is 289 g/mol. The van der Waals surface area contributed by atoms with E-state index in [0.717, 1.165) is 5.69 Å². The number of benzene rings is 1. The third kappa shape index (κ3) is 4.13. The summed E-state index contributed by atoms with van der Waals surface area (Å²) in [5.41, 5.74) is 8.74. The van der Waals surface area contributed by atoms with Crippen molar-refractivity contribution in [1.29, 1.82) is 0 Å². The zero-order valence-electron chi connectivity index (χ0n) is 13.3. The van der Waals surface area contributed by atoms with Gasteiger partial charge in [-0.1, -0.05) is 13.8 Å². The largest absolute Gasteiger partial charge is 0.397 e. The Balaban J connectivity index is 2.00. The Morgan fingerprint density at radius 1 is 1.33 bits per heavy atom. The van der Waals surface area contributed by atoms with E-state index in [1.54, 1.807) is 6.07 Å². The molecule has 0 atom stereocenters. The van der Waals surface area contributed by atoms with Crippen molar-refractivity contribution in [3.8, 4) is 0 Å². The summed E-state index contributed by atoms with van der Waals surface area (Å²) in [5.74, 6) is -0.0739. The summed E-state index contributed by atoms with van der Waals surface area (Å²) in [7, 11) is 0. The highest BCUT2D eigenvalue weighted by Gasteiger charge is 2.26. The van der Waals surface area contributed by atoms with Crippen LogP contribution in [0.1, 0.15) is 56.8 Å². The molecule has 4 nitrogen and oxygen atoms in total. The van der Waals surface area contributed by atoms with Crippen LogP contribution in [0.15, 0.2) is 18.2 Å². The van der Waals surface area contributed by atoms with Gasteiger partial charge >= 0.3 is 0 Å². The van der Waals surface area contributed by atoms with Crippen LogP contribution in [-0.2, 0) is 0 Å². The second-order valence-electron chi connectivity index (χ2n) is 6.74. The molecule has 1 aliphatic rings. The molecule has 4 heteroatoms. The lowest BCUT2D eigenvalue weighted by Crippen LogP contribution is -2.30. The molecule has 1 fully saturated rings. The molecule has 1 aliphatic carbocycles. The van der Waals surface area contributed by atoms with Crippen LogP contribution >= 0.6 is 0 Å². The molecule has 1 saturated carbocycles. The van der Waals surface area contributed by atoms with Crippen molar-refractivity contribution in [2.75, 3.05) is 17.6 Å². The van der Waals surface area contributed by atoms with Gasteiger partial charge in [0.15, 0.2) is 0 Å². The third-order valence-corrected chi connectivity index (χ3v) is 4.35. The van der Waals surface area contributed by atoms with Gasteiger partial charge in [-0.3, -0.25) is 4.79 Å². The van der Waals surface area contributed by atoms with Gasteiger partial charge in [0.1, 0.15) is 0 Å². The molecule has 0 aliphatic heterocycles. The molecule has 116 valence electrons. The van der Waals surface area contributed by atoms with E-state index in [-0.39, 0.29) is 5.91 Å². The second kappa shape index (κ2) is 6.37. The van der Waals surface area contributed by atoms with Crippen molar-refractivity contribution in [3.05, 3.63) is 23.8 Å². The standard InChI is InChI=1S/C17H27N3O/c1-4-19-16(21)12-5-6-15(14(18)11-12)20-13-7-9-17(2,3)10-8-13/h5-6,11,13,20H,4,7-10,18H2,1-3H3,(H,19,21). The molecule has 0 bridgehead atoms. The van der Waals surface area contributed by atoms with Crippen LogP contribution in [0, 0.1) is 5.41 Å². The average Bonchev–Trinajstić information content (AvgIpc) is 2.43. The van der Waals surface area contributed by atoms with Gasteiger partial charge in [0, 0.05) is 18.2 Å². The molecule has 0 spiro atoms. The number of carbonyl (C=O) groups excluding carboxylic acids is 1. The van der Waals surface area contributed by atoms with Crippen molar-refractivity contribution in [2.45, 2.75) is 52.5 Å². The maximum absolute atomic E-state index is 11.8. The quantitative estimate of drug-likeness (QED) is 0.744. The lowest BCUT2D eigenvalue weighted by Gasteiger charge is -2.35. The smallest absolute Gasteiger partial charge is 0.251 e. The minimum Gasteiger partial charge on any atom is -0.397 e. The van der Waals surface area contributed by atoms with Crippen molar-refractivity contribution in [3.63, 3.8) is 0 Å². The Morgan fingerprint density at radius 2 is 2.00 bits per heavy atom. The van der Waals surface area contributed by atoms with Crippen molar-refractivity contribution >= 4 is 17.3 Å². The molecule has 0 radical (unpaired) electrons. The highest BCUT2D eigenvalue weighted by molar-refractivity contribution is 5.96. The number of nitrogens with one attached hydrogen (secondary N) is 2. The number of amides is 1. The average molecular weight is 289 g/mol. The topological polar surface area (TPSA) is 67.2 Å². The van der Waals surface area contributed by atoms with E-state index in [2.05, 4.69) is 24.5 Å². The lowest BCUT2D eigenvalue weighted by molar-refractivity contribution is 0.0956. The van der Waals surface area contributed by atoms with E-state index < -0.39 is 0 Å². The summed E-state index contributed by atoms with van der Waals surface area (Å²) in [6.45, 7) is 7.19. The first-order valence-corrected chi connectivity index (χ1v) is 7.85. The maximum Gasteiger partial charge on any atom is 0.251 e. The van der Waals surface area contributed by atoms with E-state index in [0.29, 0.717) is 29.3 Å². The van der Waals surface area contributed by atoms with Crippen LogP contribution in [0.4, 0.5) is 11.4 Å². The van der Waals surface area contributed by atoms with Crippen molar-refractivity contribution in [2.24, 2.45) is 5.41 Å². The lowest BCUT2D eigenvalue weighted by atomic mass is 9.75. The molecule has 1 aromatic carbocycles. The fourth-order valence-electron chi connectivity index (χ4n) is 2.86. The minimum atomic E-state index is -0.0739. The summed E-state index contributed by atoms with van der Waals surface area (Å²) in [5, 5.41) is 6.31. The van der Waals surface area contributed by atoms with Gasteiger partial charge in [0.25, 0.3) is 5.91 Å². The Labute approximate surface area is 127 Å². The Morgan fingerprint density at radius 3 is 2.57 bits per heavy atom. The summed E-state index contributed by atoms with van der Waals surface area (Å²) < 4.78 is 0. The van der Waals surface area contributed by atoms with Crippen LogP contribution in [-0.4, -0.2) is 18.5 Å². The molecule has 0 unspecified atom stereocenters. The molecule has 1 amide bonds. The van der Waals surface area contributed by atoms with Gasteiger partial charge in [-0.2, -0.15) is 0 Å². The van der Waals surface area contributed by atoms with Crippen LogP contribution < -0.4 is 16.4 Å². The number of rotatable bonds is 4. The highest BCUT2D eigenvalue weighted by Crippen LogP contribution is 2.36. The Kier molecular flexibility index (Phi) is 4.76. The van der Waals surface area contributed by atoms with Crippen molar-refractivity contribution < 1.29 is 4.79 Å². The number of anilines is 2. The number of nitrogens with two attached hydrogens (primary N) is 1. The summed E-state index contributed by atoms with van der Waals surface area (Å²) in [6, 6.07) is 5.98. The van der Waals surface area contributed by atoms with E-state index in [1.807, 2.05) is 19.1 Å². The van der Waals surface area contributed by atoms with Gasteiger partial charge in [0.05, 0.1) is 11.4 Å². The Hall–Kier alpha value is -1.71. The number of carbonyl (C=O) groups is 1. The van der Waals surface area contributed by atoms with Crippen LogP contribution in [0.5, 0.6) is 0 Å². The van der Waals surface area contributed by atoms with Gasteiger partial charge in [-0.15, -0.1) is 0 Å². The first kappa shape index (κ1) is 15.7. The minimum absolute atomic E-state index is 0.0739. The van der Waals surface area contributed by atoms with Crippen LogP contribution in [0.3, 0.4) is 0 Å². The molecule has 0 saturated heterocycles. The summed E-state index contributed by atoms with van der Waals surface area (Å²) >= 11 is 0. The molecule has 4 N–H and O–H groups in total. The SMILES string of the molecule is CCNC(=O)c1ccc(NC2CCC(C)(C)CC2)c(N)c1. The summed E-state index contributed by atoms with van der Waals surface area (Å²) in [6.07, 6.45) is 4.82. The first-order chi connectivity index (χ1) is 9.91. The number of hydrogen-bond donors (Lipinski definition) is 3. The summed E-state index contributed by atoms with van der Waals surface area (Å²) in [4.78, 5) is 11.8. The zero-order chi connectivity index (χ0) is 15.5. The van der Waals surface area contributed by atoms with Gasteiger partial charge in [-0.25, -0.2) is 0 Å². The van der Waals surface area contributed by atoms with E-state index in [1.165, 1.54) is 25.7 Å². The van der Waals surface area contributed by atoms with E-state index in [9.17, 15) is 4.79 Å². The molecule has 0 aromatic heterocycles. The molecule has 2 rings (SSSR count). The van der Waals surface area contributed by atoms with Gasteiger partial charge in [-0.05, 0) is 56.2 Å². The second-order valence-corrected chi connectivity index (χ2v) is 6.74. The molecule has 21 heavy (non-hydrogen) atoms. The molecular weight excluding hydrogens is 262 g/mol. The third-order valence-electron chi connectivity index (χ3n) is 4.35. The predicted molar refractivity (Wildman–Crippen MR) is 88.5 cm³/mol. The number of nitrogen functional groups attached to an aromatic ring is 1. The zero-order valence-corrected chi connectivity index (χ0v) is 13.3. The molecular formula is C17H27N3O. The van der Waals surface area contributed by atoms with Crippen molar-refractivity contribution in [1.82, 2.24) is 5.32 Å². The van der Waals surface area contributed by atoms with E-state index >= 15 is 0 Å². The van der Waals surface area contributed by atoms with E-state index in [4.69, 9.17) is 5.73 Å². The molecule has 1 aromatic rings. The van der Waals surface area contributed by atoms with Gasteiger partial charge in [0.2, 0.25) is 0 Å². The fraction of sp³-hybridized carbons (Fsp3) is 0.588. The number of hydrogen-bond acceptors (Lipinski definition) is 3. The van der Waals surface area contributed by atoms with Gasteiger partial charge < -0.3 is 16.4 Å². The fourth-order valence-corrected chi connectivity index (χ4v) is 2.86. The first-order valence-electron chi connectivity index (χ1n) is 7.85. The highest BCUT2D eigenvalue weighted by atomic mass is 16.1. The molecule has 0 heterocycles. The predicted octanol–water partition coefficient (Wildman–Crippen LogP) is 3.40. The van der Waals surface area contributed by atoms with Crippen LogP contribution in [0.25, 0.3) is 0 Å².